The summed E-state index contributed by atoms with van der Waals surface area (Å²) in [5.41, 5.74) is 1.62. The van der Waals surface area contributed by atoms with E-state index in [-0.39, 0.29) is 18.5 Å². The molecule has 1 heterocycles. The number of carbonyl (C=O) groups excluding carboxylic acids is 1. The normalized spacial score (nSPS) is 12.1. The van der Waals surface area contributed by atoms with E-state index in [1.165, 1.54) is 18.5 Å². The van der Waals surface area contributed by atoms with Gasteiger partial charge in [0.2, 0.25) is 0 Å². The van der Waals surface area contributed by atoms with E-state index in [2.05, 4.69) is 15.6 Å². The monoisotopic (exact) mass is 471 g/mol. The highest BCUT2D eigenvalue weighted by atomic mass is 19.4. The zero-order valence-corrected chi connectivity index (χ0v) is 18.4. The second-order valence-electron chi connectivity index (χ2n) is 7.73. The Hall–Kier alpha value is -3.88. The molecule has 0 aliphatic heterocycles. The van der Waals surface area contributed by atoms with Crippen molar-refractivity contribution in [3.63, 3.8) is 0 Å². The van der Waals surface area contributed by atoms with Crippen LogP contribution in [0.25, 0.3) is 11.1 Å². The van der Waals surface area contributed by atoms with E-state index in [1.807, 2.05) is 30.3 Å². The summed E-state index contributed by atoms with van der Waals surface area (Å²) in [4.78, 5) is 27.7. The topological polar surface area (TPSA) is 91.3 Å². The Labute approximate surface area is 194 Å². The third kappa shape index (κ3) is 6.57. The van der Waals surface area contributed by atoms with Gasteiger partial charge in [-0.25, -0.2) is 4.79 Å². The number of halogens is 3. The molecule has 0 fully saturated rings. The number of aliphatic carboxylic acids is 1. The molecule has 178 valence electrons. The van der Waals surface area contributed by atoms with Gasteiger partial charge in [-0.05, 0) is 46.9 Å². The summed E-state index contributed by atoms with van der Waals surface area (Å²) in [7, 11) is 0. The number of alkyl halides is 3. The van der Waals surface area contributed by atoms with E-state index in [1.54, 1.807) is 13.0 Å². The van der Waals surface area contributed by atoms with Crippen LogP contribution in [0.2, 0.25) is 0 Å². The van der Waals surface area contributed by atoms with Gasteiger partial charge in [-0.1, -0.05) is 43.3 Å². The largest absolute Gasteiger partial charge is 0.481 e. The van der Waals surface area contributed by atoms with Crippen LogP contribution < -0.4 is 10.6 Å². The maximum absolute atomic E-state index is 13.5. The summed E-state index contributed by atoms with van der Waals surface area (Å²) >= 11 is 0. The molecule has 3 aromatic rings. The van der Waals surface area contributed by atoms with E-state index >= 15 is 0 Å². The molecular formula is C25H24F3N3O3. The maximum atomic E-state index is 13.5. The number of nitrogens with zero attached hydrogens (tertiary/aromatic N) is 1. The molecule has 3 N–H and O–H groups in total. The molecule has 1 atom stereocenters. The predicted molar refractivity (Wildman–Crippen MR) is 121 cm³/mol. The fourth-order valence-corrected chi connectivity index (χ4v) is 3.58. The van der Waals surface area contributed by atoms with Crippen molar-refractivity contribution in [2.75, 3.05) is 0 Å². The van der Waals surface area contributed by atoms with Crippen LogP contribution in [0.3, 0.4) is 0 Å². The number of pyridine rings is 1. The van der Waals surface area contributed by atoms with Crippen molar-refractivity contribution in [1.82, 2.24) is 15.6 Å². The van der Waals surface area contributed by atoms with Gasteiger partial charge in [0.15, 0.2) is 0 Å². The number of rotatable bonds is 8. The van der Waals surface area contributed by atoms with Gasteiger partial charge in [-0.15, -0.1) is 0 Å². The Morgan fingerprint density at radius 3 is 2.41 bits per heavy atom. The Balaban J connectivity index is 1.92. The number of carboxylic acid groups (broad SMARTS) is 1. The van der Waals surface area contributed by atoms with Gasteiger partial charge in [0, 0.05) is 24.5 Å². The lowest BCUT2D eigenvalue weighted by Gasteiger charge is -2.23. The Bertz CT molecular complexity index is 1150. The molecule has 2 amide bonds. The summed E-state index contributed by atoms with van der Waals surface area (Å²) in [5.74, 6) is -1.05. The number of urea groups is 1. The molecule has 34 heavy (non-hydrogen) atoms. The van der Waals surface area contributed by atoms with Gasteiger partial charge in [0.1, 0.15) is 0 Å². The molecule has 0 radical (unpaired) electrons. The summed E-state index contributed by atoms with van der Waals surface area (Å²) in [6, 6.07) is 12.9. The van der Waals surface area contributed by atoms with Gasteiger partial charge in [-0.3, -0.25) is 9.78 Å². The first-order valence-electron chi connectivity index (χ1n) is 10.6. The van der Waals surface area contributed by atoms with E-state index in [9.17, 15) is 22.8 Å². The van der Waals surface area contributed by atoms with Gasteiger partial charge in [-0.2, -0.15) is 13.2 Å². The van der Waals surface area contributed by atoms with Crippen molar-refractivity contribution in [3.05, 3.63) is 89.2 Å². The van der Waals surface area contributed by atoms with E-state index in [0.29, 0.717) is 23.1 Å². The fourth-order valence-electron chi connectivity index (χ4n) is 3.58. The molecule has 0 spiro atoms. The molecule has 0 aliphatic rings. The SMILES string of the molecule is CCC(NC(=O)NCc1ccccc1)c1cc(C(F)(F)F)ccc1-c1cncc(CC(=O)O)c1. The van der Waals surface area contributed by atoms with Crippen molar-refractivity contribution < 1.29 is 27.9 Å². The molecule has 9 heteroatoms. The minimum atomic E-state index is -4.56. The first-order valence-corrected chi connectivity index (χ1v) is 10.6. The van der Waals surface area contributed by atoms with Gasteiger partial charge in [0.05, 0.1) is 18.0 Å². The van der Waals surface area contributed by atoms with Crippen LogP contribution in [0, 0.1) is 0 Å². The number of carbonyl (C=O) groups is 2. The Morgan fingerprint density at radius 2 is 1.76 bits per heavy atom. The zero-order chi connectivity index (χ0) is 24.7. The molecule has 0 aliphatic carbocycles. The molecule has 0 bridgehead atoms. The smallest absolute Gasteiger partial charge is 0.416 e. The molecule has 3 rings (SSSR count). The van der Waals surface area contributed by atoms with Crippen LogP contribution >= 0.6 is 0 Å². The highest BCUT2D eigenvalue weighted by Crippen LogP contribution is 2.36. The Kier molecular flexibility index (Phi) is 7.88. The third-order valence-electron chi connectivity index (χ3n) is 5.23. The average molecular weight is 471 g/mol. The van der Waals surface area contributed by atoms with Crippen molar-refractivity contribution >= 4 is 12.0 Å². The van der Waals surface area contributed by atoms with Crippen molar-refractivity contribution in [2.24, 2.45) is 0 Å². The lowest BCUT2D eigenvalue weighted by molar-refractivity contribution is -0.138. The lowest BCUT2D eigenvalue weighted by atomic mass is 9.91. The fraction of sp³-hybridized carbons (Fsp3) is 0.240. The number of hydrogen-bond donors (Lipinski definition) is 3. The van der Waals surface area contributed by atoms with E-state index < -0.39 is 29.8 Å². The first-order chi connectivity index (χ1) is 16.2. The quantitative estimate of drug-likeness (QED) is 0.413. The number of aromatic nitrogens is 1. The third-order valence-corrected chi connectivity index (χ3v) is 5.23. The number of carboxylic acids is 1. The van der Waals surface area contributed by atoms with E-state index in [4.69, 9.17) is 5.11 Å². The van der Waals surface area contributed by atoms with Crippen LogP contribution in [-0.2, 0) is 23.9 Å². The Morgan fingerprint density at radius 1 is 1.03 bits per heavy atom. The first kappa shape index (κ1) is 24.8. The molecule has 1 unspecified atom stereocenters. The average Bonchev–Trinajstić information content (AvgIpc) is 2.80. The highest BCUT2D eigenvalue weighted by Gasteiger charge is 2.32. The number of nitrogens with one attached hydrogen (secondary N) is 2. The van der Waals surface area contributed by atoms with Crippen LogP contribution in [-0.4, -0.2) is 22.1 Å². The minimum Gasteiger partial charge on any atom is -0.481 e. The van der Waals surface area contributed by atoms with Crippen LogP contribution in [0.5, 0.6) is 0 Å². The minimum absolute atomic E-state index is 0.264. The van der Waals surface area contributed by atoms with Gasteiger partial charge >= 0.3 is 18.2 Å². The molecule has 2 aromatic carbocycles. The highest BCUT2D eigenvalue weighted by molar-refractivity contribution is 5.76. The second kappa shape index (κ2) is 10.8. The standard InChI is InChI=1S/C25H24F3N3O3/c1-2-22(31-24(34)30-14-16-6-4-3-5-7-16)21-12-19(25(26,27)28)8-9-20(21)18-10-17(11-23(32)33)13-29-15-18/h3-10,12-13,15,22H,2,11,14H2,1H3,(H,32,33)(H2,30,31,34). The molecular weight excluding hydrogens is 447 g/mol. The predicted octanol–water partition coefficient (Wildman–Crippen LogP) is 5.35. The maximum Gasteiger partial charge on any atom is 0.416 e. The molecule has 0 saturated carbocycles. The number of amides is 2. The summed E-state index contributed by atoms with van der Waals surface area (Å²) in [5, 5.41) is 14.5. The van der Waals surface area contributed by atoms with Crippen LogP contribution in [0.4, 0.5) is 18.0 Å². The summed E-state index contributed by atoms with van der Waals surface area (Å²) < 4.78 is 40.4. The second-order valence-corrected chi connectivity index (χ2v) is 7.73. The van der Waals surface area contributed by atoms with Gasteiger partial charge in [0.25, 0.3) is 0 Å². The number of hydrogen-bond acceptors (Lipinski definition) is 3. The van der Waals surface area contributed by atoms with Crippen molar-refractivity contribution in [3.8, 4) is 11.1 Å². The van der Waals surface area contributed by atoms with Gasteiger partial charge < -0.3 is 15.7 Å². The van der Waals surface area contributed by atoms with Crippen molar-refractivity contribution in [1.29, 1.82) is 0 Å². The molecule has 1 aromatic heterocycles. The van der Waals surface area contributed by atoms with Crippen LogP contribution in [0.15, 0.2) is 67.0 Å². The molecule has 6 nitrogen and oxygen atoms in total. The summed E-state index contributed by atoms with van der Waals surface area (Å²) in [6.45, 7) is 2.02. The summed E-state index contributed by atoms with van der Waals surface area (Å²) in [6.07, 6.45) is -1.65. The van der Waals surface area contributed by atoms with Crippen molar-refractivity contribution in [2.45, 2.75) is 38.5 Å². The van der Waals surface area contributed by atoms with E-state index in [0.717, 1.165) is 17.7 Å². The van der Waals surface area contributed by atoms with Crippen LogP contribution in [0.1, 0.15) is 41.6 Å². The lowest BCUT2D eigenvalue weighted by Crippen LogP contribution is -2.37. The number of benzene rings is 2. The zero-order valence-electron chi connectivity index (χ0n) is 18.4. The molecule has 0 saturated heterocycles.